The first-order valence-corrected chi connectivity index (χ1v) is 6.55. The Balaban J connectivity index is 1.88. The third kappa shape index (κ3) is 2.61. The summed E-state index contributed by atoms with van der Waals surface area (Å²) in [6.07, 6.45) is 3.40. The molecule has 7 nitrogen and oxygen atoms in total. The van der Waals surface area contributed by atoms with Crippen LogP contribution in [-0.4, -0.2) is 51.4 Å². The van der Waals surface area contributed by atoms with E-state index in [4.69, 9.17) is 10.00 Å². The van der Waals surface area contributed by atoms with Crippen LogP contribution in [0, 0.1) is 11.3 Å². The SMILES string of the molecule is N#CC1COCCN1C(=O)c1cccc(-n2cccn2)n1. The number of carbonyl (C=O) groups excluding carboxylic acids is 1. The van der Waals surface area contributed by atoms with Crippen LogP contribution in [0.25, 0.3) is 5.82 Å². The molecule has 2 aromatic heterocycles. The molecule has 1 aliphatic rings. The van der Waals surface area contributed by atoms with Crippen LogP contribution >= 0.6 is 0 Å². The molecule has 0 bridgehead atoms. The number of nitrogens with zero attached hydrogens (tertiary/aromatic N) is 5. The number of morpholine rings is 1. The lowest BCUT2D eigenvalue weighted by Crippen LogP contribution is -2.48. The van der Waals surface area contributed by atoms with Crippen LogP contribution in [0.4, 0.5) is 0 Å². The van der Waals surface area contributed by atoms with E-state index in [1.807, 2.05) is 0 Å². The van der Waals surface area contributed by atoms with E-state index < -0.39 is 6.04 Å². The molecule has 21 heavy (non-hydrogen) atoms. The molecule has 1 atom stereocenters. The smallest absolute Gasteiger partial charge is 0.273 e. The highest BCUT2D eigenvalue weighted by Gasteiger charge is 2.28. The minimum absolute atomic E-state index is 0.237. The number of carbonyl (C=O) groups is 1. The van der Waals surface area contributed by atoms with Crippen molar-refractivity contribution in [1.82, 2.24) is 19.7 Å². The molecule has 0 N–H and O–H groups in total. The van der Waals surface area contributed by atoms with Crippen LogP contribution in [0.2, 0.25) is 0 Å². The van der Waals surface area contributed by atoms with Crippen molar-refractivity contribution in [2.45, 2.75) is 6.04 Å². The summed E-state index contributed by atoms with van der Waals surface area (Å²) in [5.41, 5.74) is 0.296. The van der Waals surface area contributed by atoms with Gasteiger partial charge in [-0.15, -0.1) is 0 Å². The lowest BCUT2D eigenvalue weighted by Gasteiger charge is -2.31. The number of ether oxygens (including phenoxy) is 1. The van der Waals surface area contributed by atoms with Crippen molar-refractivity contribution < 1.29 is 9.53 Å². The molecule has 1 aliphatic heterocycles. The average Bonchev–Trinajstić information content (AvgIpc) is 3.09. The van der Waals surface area contributed by atoms with Crippen LogP contribution in [0.1, 0.15) is 10.5 Å². The molecule has 0 aliphatic carbocycles. The van der Waals surface area contributed by atoms with Gasteiger partial charge in [-0.1, -0.05) is 6.07 Å². The summed E-state index contributed by atoms with van der Waals surface area (Å²) in [5.74, 6) is 0.298. The van der Waals surface area contributed by atoms with E-state index >= 15 is 0 Å². The maximum atomic E-state index is 12.5. The largest absolute Gasteiger partial charge is 0.376 e. The van der Waals surface area contributed by atoms with Crippen molar-refractivity contribution in [3.8, 4) is 11.9 Å². The summed E-state index contributed by atoms with van der Waals surface area (Å²) in [5, 5.41) is 13.2. The van der Waals surface area contributed by atoms with Gasteiger partial charge in [0.1, 0.15) is 11.7 Å². The zero-order chi connectivity index (χ0) is 14.7. The number of hydrogen-bond donors (Lipinski definition) is 0. The quantitative estimate of drug-likeness (QED) is 0.807. The highest BCUT2D eigenvalue weighted by molar-refractivity contribution is 5.93. The highest BCUT2D eigenvalue weighted by Crippen LogP contribution is 2.12. The molecule has 2 aromatic rings. The predicted molar refractivity (Wildman–Crippen MR) is 72.6 cm³/mol. The Morgan fingerprint density at radius 2 is 2.33 bits per heavy atom. The van der Waals surface area contributed by atoms with E-state index in [2.05, 4.69) is 16.2 Å². The Bertz CT molecular complexity index is 677. The Morgan fingerprint density at radius 1 is 1.43 bits per heavy atom. The highest BCUT2D eigenvalue weighted by atomic mass is 16.5. The van der Waals surface area contributed by atoms with Crippen molar-refractivity contribution >= 4 is 5.91 Å². The lowest BCUT2D eigenvalue weighted by atomic mass is 10.2. The number of nitriles is 1. The number of rotatable bonds is 2. The summed E-state index contributed by atoms with van der Waals surface area (Å²) >= 11 is 0. The summed E-state index contributed by atoms with van der Waals surface area (Å²) in [6, 6.07) is 8.45. The maximum absolute atomic E-state index is 12.5. The lowest BCUT2D eigenvalue weighted by molar-refractivity contribution is 0.0129. The first-order chi connectivity index (χ1) is 10.3. The van der Waals surface area contributed by atoms with Gasteiger partial charge in [-0.25, -0.2) is 9.67 Å². The van der Waals surface area contributed by atoms with E-state index in [1.165, 1.54) is 4.90 Å². The molecule has 0 spiro atoms. The van der Waals surface area contributed by atoms with E-state index in [0.29, 0.717) is 24.7 Å². The molecule has 3 rings (SSSR count). The van der Waals surface area contributed by atoms with Gasteiger partial charge in [0.2, 0.25) is 0 Å². The van der Waals surface area contributed by atoms with Crippen LogP contribution in [0.15, 0.2) is 36.7 Å². The van der Waals surface area contributed by atoms with Crippen LogP contribution < -0.4 is 0 Å². The molecular formula is C14H13N5O2. The summed E-state index contributed by atoms with van der Waals surface area (Å²) in [4.78, 5) is 18.3. The molecule has 1 saturated heterocycles. The molecule has 1 unspecified atom stereocenters. The zero-order valence-corrected chi connectivity index (χ0v) is 11.2. The minimum atomic E-state index is -0.568. The second-order valence-electron chi connectivity index (χ2n) is 4.55. The normalized spacial score (nSPS) is 18.2. The van der Waals surface area contributed by atoms with Crippen molar-refractivity contribution in [2.24, 2.45) is 0 Å². The fourth-order valence-corrected chi connectivity index (χ4v) is 2.18. The number of pyridine rings is 1. The molecule has 1 amide bonds. The van der Waals surface area contributed by atoms with Gasteiger partial charge in [-0.05, 0) is 18.2 Å². The molecule has 0 aromatic carbocycles. The van der Waals surface area contributed by atoms with Gasteiger partial charge in [0.25, 0.3) is 5.91 Å². The summed E-state index contributed by atoms with van der Waals surface area (Å²) in [7, 11) is 0. The third-order valence-corrected chi connectivity index (χ3v) is 3.23. The number of aromatic nitrogens is 3. The standard InChI is InChI=1S/C14H13N5O2/c15-9-11-10-21-8-7-18(11)14(20)12-3-1-4-13(17-12)19-6-2-5-16-19/h1-6,11H,7-8,10H2. The average molecular weight is 283 g/mol. The Hall–Kier alpha value is -2.72. The molecule has 106 valence electrons. The van der Waals surface area contributed by atoms with Gasteiger partial charge in [0.15, 0.2) is 5.82 Å². The van der Waals surface area contributed by atoms with Gasteiger partial charge in [-0.2, -0.15) is 10.4 Å². The summed E-state index contributed by atoms with van der Waals surface area (Å²) < 4.78 is 6.80. The van der Waals surface area contributed by atoms with Crippen molar-refractivity contribution in [1.29, 1.82) is 5.26 Å². The van der Waals surface area contributed by atoms with Crippen LogP contribution in [0.3, 0.4) is 0 Å². The van der Waals surface area contributed by atoms with Crippen LogP contribution in [0.5, 0.6) is 0 Å². The maximum Gasteiger partial charge on any atom is 0.273 e. The van der Waals surface area contributed by atoms with Crippen molar-refractivity contribution in [3.63, 3.8) is 0 Å². The van der Waals surface area contributed by atoms with E-state index in [0.717, 1.165) is 0 Å². The van der Waals surface area contributed by atoms with Gasteiger partial charge >= 0.3 is 0 Å². The van der Waals surface area contributed by atoms with Gasteiger partial charge in [0.05, 0.1) is 19.3 Å². The van der Waals surface area contributed by atoms with E-state index in [9.17, 15) is 4.79 Å². The first-order valence-electron chi connectivity index (χ1n) is 6.55. The second kappa shape index (κ2) is 5.73. The Kier molecular flexibility index (Phi) is 3.62. The van der Waals surface area contributed by atoms with Crippen molar-refractivity contribution in [2.75, 3.05) is 19.8 Å². The molecule has 0 radical (unpaired) electrons. The molecule has 0 saturated carbocycles. The number of amides is 1. The Labute approximate surface area is 121 Å². The molecule has 1 fully saturated rings. The van der Waals surface area contributed by atoms with Crippen LogP contribution in [-0.2, 0) is 4.74 Å². The predicted octanol–water partition coefficient (Wildman–Crippen LogP) is 0.632. The molecule has 7 heteroatoms. The molecule has 3 heterocycles. The topological polar surface area (TPSA) is 84.0 Å². The monoisotopic (exact) mass is 283 g/mol. The minimum Gasteiger partial charge on any atom is -0.376 e. The second-order valence-corrected chi connectivity index (χ2v) is 4.55. The zero-order valence-electron chi connectivity index (χ0n) is 11.2. The van der Waals surface area contributed by atoms with E-state index in [-0.39, 0.29) is 12.5 Å². The van der Waals surface area contributed by atoms with Gasteiger partial charge < -0.3 is 9.64 Å². The number of hydrogen-bond acceptors (Lipinski definition) is 5. The fourth-order valence-electron chi connectivity index (χ4n) is 2.18. The van der Waals surface area contributed by atoms with Gasteiger partial charge in [0, 0.05) is 18.9 Å². The first kappa shape index (κ1) is 13.3. The molecular weight excluding hydrogens is 270 g/mol. The summed E-state index contributed by atoms with van der Waals surface area (Å²) in [6.45, 7) is 1.06. The van der Waals surface area contributed by atoms with E-state index in [1.54, 1.807) is 41.3 Å². The third-order valence-electron chi connectivity index (χ3n) is 3.23. The Morgan fingerprint density at radius 3 is 3.10 bits per heavy atom. The fraction of sp³-hybridized carbons (Fsp3) is 0.286. The van der Waals surface area contributed by atoms with Crippen molar-refractivity contribution in [3.05, 3.63) is 42.4 Å². The van der Waals surface area contributed by atoms with Gasteiger partial charge in [-0.3, -0.25) is 4.79 Å².